The summed E-state index contributed by atoms with van der Waals surface area (Å²) in [6.45, 7) is 0.876. The number of fused-ring (bicyclic) bond motifs is 1. The van der Waals surface area contributed by atoms with Crippen LogP contribution in [-0.2, 0) is 11.2 Å². The molecule has 2 heterocycles. The Labute approximate surface area is 160 Å². The largest absolute Gasteiger partial charge is 0.497 e. The van der Waals surface area contributed by atoms with E-state index >= 15 is 0 Å². The van der Waals surface area contributed by atoms with Gasteiger partial charge in [-0.3, -0.25) is 4.79 Å². The smallest absolute Gasteiger partial charge is 0.234 e. The lowest BCUT2D eigenvalue weighted by atomic mass is 10.3. The molecule has 3 aromatic rings. The van der Waals surface area contributed by atoms with Crippen LogP contribution in [0.1, 0.15) is 36.0 Å². The molecule has 0 atom stereocenters. The van der Waals surface area contributed by atoms with Crippen molar-refractivity contribution in [3.05, 3.63) is 35.1 Å². The second-order valence-electron chi connectivity index (χ2n) is 6.40. The minimum Gasteiger partial charge on any atom is -0.497 e. The van der Waals surface area contributed by atoms with Crippen LogP contribution < -0.4 is 14.8 Å². The van der Waals surface area contributed by atoms with Crippen LogP contribution in [0.15, 0.2) is 24.3 Å². The summed E-state index contributed by atoms with van der Waals surface area (Å²) in [5.41, 5.74) is 0. The maximum Gasteiger partial charge on any atom is 0.234 e. The summed E-state index contributed by atoms with van der Waals surface area (Å²) in [6, 6.07) is 7.35. The molecule has 0 saturated heterocycles. The first-order valence-corrected chi connectivity index (χ1v) is 9.79. The maximum atomic E-state index is 12.0. The number of ether oxygens (including phenoxy) is 2. The van der Waals surface area contributed by atoms with Gasteiger partial charge < -0.3 is 14.8 Å². The summed E-state index contributed by atoms with van der Waals surface area (Å²) in [4.78, 5) is 12.8. The van der Waals surface area contributed by atoms with Gasteiger partial charge in [0.15, 0.2) is 5.82 Å². The molecule has 0 aliphatic heterocycles. The van der Waals surface area contributed by atoms with Crippen molar-refractivity contribution in [2.45, 2.75) is 31.6 Å². The van der Waals surface area contributed by atoms with Gasteiger partial charge in [0.05, 0.1) is 13.7 Å². The first-order valence-electron chi connectivity index (χ1n) is 8.97. The van der Waals surface area contributed by atoms with Crippen LogP contribution in [0.3, 0.4) is 0 Å². The SMILES string of the molecule is COc1ccc(OCCNC(=O)CCc2nn3c(C4CC4)nnc3s2)cc1. The van der Waals surface area contributed by atoms with E-state index in [4.69, 9.17) is 9.47 Å². The Bertz CT molecular complexity index is 917. The Balaban J connectivity index is 1.18. The fourth-order valence-electron chi connectivity index (χ4n) is 2.71. The third-order valence-corrected chi connectivity index (χ3v) is 5.28. The Morgan fingerprint density at radius 3 is 2.78 bits per heavy atom. The highest BCUT2D eigenvalue weighted by Gasteiger charge is 2.30. The molecule has 1 aromatic carbocycles. The summed E-state index contributed by atoms with van der Waals surface area (Å²) < 4.78 is 12.5. The molecule has 8 nitrogen and oxygen atoms in total. The van der Waals surface area contributed by atoms with Crippen LogP contribution in [-0.4, -0.2) is 46.0 Å². The van der Waals surface area contributed by atoms with E-state index in [1.807, 2.05) is 28.8 Å². The highest BCUT2D eigenvalue weighted by atomic mass is 32.1. The van der Waals surface area contributed by atoms with Gasteiger partial charge in [-0.25, -0.2) is 0 Å². The van der Waals surface area contributed by atoms with Crippen LogP contribution in [0.5, 0.6) is 11.5 Å². The van der Waals surface area contributed by atoms with Crippen molar-refractivity contribution in [1.29, 1.82) is 0 Å². The molecule has 1 amide bonds. The Kier molecular flexibility index (Phi) is 5.19. The number of aromatic nitrogens is 4. The van der Waals surface area contributed by atoms with Gasteiger partial charge in [0, 0.05) is 18.8 Å². The van der Waals surface area contributed by atoms with Crippen molar-refractivity contribution in [3.63, 3.8) is 0 Å². The number of nitrogens with zero attached hydrogens (tertiary/aromatic N) is 4. The van der Waals surface area contributed by atoms with Crippen molar-refractivity contribution < 1.29 is 14.3 Å². The molecule has 1 N–H and O–H groups in total. The Morgan fingerprint density at radius 2 is 2.04 bits per heavy atom. The number of hydrogen-bond acceptors (Lipinski definition) is 7. The molecule has 0 spiro atoms. The fourth-order valence-corrected chi connectivity index (χ4v) is 3.55. The third-order valence-electron chi connectivity index (χ3n) is 4.32. The number of amides is 1. The molecule has 0 bridgehead atoms. The lowest BCUT2D eigenvalue weighted by Gasteiger charge is -2.08. The zero-order chi connectivity index (χ0) is 18.6. The summed E-state index contributed by atoms with van der Waals surface area (Å²) >= 11 is 1.50. The first-order chi connectivity index (χ1) is 13.2. The lowest BCUT2D eigenvalue weighted by molar-refractivity contribution is -0.121. The number of aryl methyl sites for hydroxylation is 1. The van der Waals surface area contributed by atoms with E-state index in [1.165, 1.54) is 11.3 Å². The van der Waals surface area contributed by atoms with Crippen molar-refractivity contribution in [3.8, 4) is 11.5 Å². The monoisotopic (exact) mass is 387 g/mol. The van der Waals surface area contributed by atoms with Gasteiger partial charge in [0.2, 0.25) is 10.9 Å². The lowest BCUT2D eigenvalue weighted by Crippen LogP contribution is -2.28. The average Bonchev–Trinajstić information content (AvgIpc) is 3.33. The van der Waals surface area contributed by atoms with Gasteiger partial charge in [0.25, 0.3) is 0 Å². The number of hydrogen-bond donors (Lipinski definition) is 1. The highest BCUT2D eigenvalue weighted by Crippen LogP contribution is 2.39. The number of methoxy groups -OCH3 is 1. The predicted molar refractivity (Wildman–Crippen MR) is 100 cm³/mol. The number of nitrogens with one attached hydrogen (secondary N) is 1. The zero-order valence-electron chi connectivity index (χ0n) is 15.1. The molecular formula is C18H21N5O3S. The standard InChI is InChI=1S/C18H21N5O3S/c1-25-13-4-6-14(7-5-13)26-11-10-19-15(24)8-9-16-22-23-17(12-2-3-12)20-21-18(23)27-16/h4-7,12H,2-3,8-11H2,1H3,(H,19,24). The summed E-state index contributed by atoms with van der Waals surface area (Å²) in [5, 5.41) is 16.7. The van der Waals surface area contributed by atoms with E-state index in [-0.39, 0.29) is 5.91 Å². The second kappa shape index (κ2) is 7.91. The highest BCUT2D eigenvalue weighted by molar-refractivity contribution is 7.16. The van der Waals surface area contributed by atoms with Gasteiger partial charge in [-0.05, 0) is 37.1 Å². The van der Waals surface area contributed by atoms with Crippen molar-refractivity contribution >= 4 is 22.2 Å². The molecule has 2 aromatic heterocycles. The third kappa shape index (κ3) is 4.36. The molecule has 4 rings (SSSR count). The van der Waals surface area contributed by atoms with E-state index in [9.17, 15) is 4.79 Å². The van der Waals surface area contributed by atoms with E-state index in [0.717, 1.165) is 40.1 Å². The molecule has 9 heteroatoms. The van der Waals surface area contributed by atoms with Crippen LogP contribution >= 0.6 is 11.3 Å². The quantitative estimate of drug-likeness (QED) is 0.566. The molecule has 142 valence electrons. The molecule has 1 aliphatic carbocycles. The molecule has 1 fully saturated rings. The first kappa shape index (κ1) is 17.7. The minimum atomic E-state index is -0.0123. The van der Waals surface area contributed by atoms with Crippen molar-refractivity contribution in [1.82, 2.24) is 25.1 Å². The Hall–Kier alpha value is -2.68. The molecule has 1 aliphatic rings. The average molecular weight is 387 g/mol. The summed E-state index contributed by atoms with van der Waals surface area (Å²) in [5.74, 6) is 2.97. The normalized spacial score (nSPS) is 13.7. The van der Waals surface area contributed by atoms with Gasteiger partial charge in [0.1, 0.15) is 23.1 Å². The van der Waals surface area contributed by atoms with E-state index < -0.39 is 0 Å². The Morgan fingerprint density at radius 1 is 1.26 bits per heavy atom. The number of carbonyl (C=O) groups excluding carboxylic acids is 1. The summed E-state index contributed by atoms with van der Waals surface area (Å²) in [6.07, 6.45) is 3.32. The van der Waals surface area contributed by atoms with Crippen molar-refractivity contribution in [2.24, 2.45) is 0 Å². The summed E-state index contributed by atoms with van der Waals surface area (Å²) in [7, 11) is 1.62. The second-order valence-corrected chi connectivity index (χ2v) is 7.44. The molecule has 0 radical (unpaired) electrons. The minimum absolute atomic E-state index is 0.0123. The molecule has 1 saturated carbocycles. The zero-order valence-corrected chi connectivity index (χ0v) is 15.9. The fraction of sp³-hybridized carbons (Fsp3) is 0.444. The number of carbonyl (C=O) groups is 1. The van der Waals surface area contributed by atoms with E-state index in [0.29, 0.717) is 31.9 Å². The van der Waals surface area contributed by atoms with Gasteiger partial charge in [-0.2, -0.15) is 9.61 Å². The topological polar surface area (TPSA) is 90.6 Å². The van der Waals surface area contributed by atoms with Gasteiger partial charge >= 0.3 is 0 Å². The maximum absolute atomic E-state index is 12.0. The van der Waals surface area contributed by atoms with Crippen LogP contribution in [0, 0.1) is 0 Å². The number of benzene rings is 1. The predicted octanol–water partition coefficient (Wildman–Crippen LogP) is 2.20. The molecule has 27 heavy (non-hydrogen) atoms. The van der Waals surface area contributed by atoms with Gasteiger partial charge in [-0.15, -0.1) is 10.2 Å². The van der Waals surface area contributed by atoms with Crippen LogP contribution in [0.4, 0.5) is 0 Å². The van der Waals surface area contributed by atoms with Crippen molar-refractivity contribution in [2.75, 3.05) is 20.3 Å². The van der Waals surface area contributed by atoms with E-state index in [1.54, 1.807) is 7.11 Å². The van der Waals surface area contributed by atoms with Crippen LogP contribution in [0.25, 0.3) is 4.96 Å². The van der Waals surface area contributed by atoms with Crippen LogP contribution in [0.2, 0.25) is 0 Å². The number of rotatable bonds is 9. The molecule has 0 unspecified atom stereocenters. The van der Waals surface area contributed by atoms with Gasteiger partial charge in [-0.1, -0.05) is 11.3 Å². The van der Waals surface area contributed by atoms with E-state index in [2.05, 4.69) is 20.6 Å². The molecular weight excluding hydrogens is 366 g/mol.